The molecule has 3 rings (SSSR count). The van der Waals surface area contributed by atoms with Crippen molar-refractivity contribution in [3.63, 3.8) is 0 Å². The highest BCUT2D eigenvalue weighted by atomic mass is 16.3. The molecule has 0 atom stereocenters. The lowest BCUT2D eigenvalue weighted by Crippen LogP contribution is -2.34. The number of hydrogen-bond acceptors (Lipinski definition) is 5. The summed E-state index contributed by atoms with van der Waals surface area (Å²) in [7, 11) is 0. The van der Waals surface area contributed by atoms with Crippen LogP contribution in [0.4, 0.5) is 5.69 Å². The van der Waals surface area contributed by atoms with E-state index in [1.807, 2.05) is 0 Å². The first-order valence-electron chi connectivity index (χ1n) is 8.18. The Morgan fingerprint density at radius 3 is 1.81 bits per heavy atom. The second kappa shape index (κ2) is 8.52. The summed E-state index contributed by atoms with van der Waals surface area (Å²) in [4.78, 5) is 35.6. The second-order valence-electron chi connectivity index (χ2n) is 5.50. The quantitative estimate of drug-likeness (QED) is 0.555. The van der Waals surface area contributed by atoms with Gasteiger partial charge in [-0.15, -0.1) is 0 Å². The minimum absolute atomic E-state index is 0.202. The Morgan fingerprint density at radius 2 is 1.26 bits per heavy atom. The number of rotatable bonds is 7. The van der Waals surface area contributed by atoms with E-state index in [0.29, 0.717) is 11.3 Å². The van der Waals surface area contributed by atoms with Gasteiger partial charge in [0.15, 0.2) is 11.5 Å². The number of carbonyl (C=O) groups is 3. The summed E-state index contributed by atoms with van der Waals surface area (Å²) in [6.07, 6.45) is 2.83. The minimum atomic E-state index is -0.371. The summed E-state index contributed by atoms with van der Waals surface area (Å²) < 4.78 is 9.98. The summed E-state index contributed by atoms with van der Waals surface area (Å²) in [5, 5.41) is 8.00. The van der Waals surface area contributed by atoms with E-state index in [9.17, 15) is 14.4 Å². The zero-order chi connectivity index (χ0) is 19.1. The van der Waals surface area contributed by atoms with Gasteiger partial charge in [0.1, 0.15) is 0 Å². The van der Waals surface area contributed by atoms with Crippen molar-refractivity contribution in [3.05, 3.63) is 78.1 Å². The van der Waals surface area contributed by atoms with Crippen molar-refractivity contribution in [2.45, 2.75) is 0 Å². The van der Waals surface area contributed by atoms with Crippen LogP contribution in [0.1, 0.15) is 31.5 Å². The molecule has 2 heterocycles. The molecule has 2 aromatic heterocycles. The lowest BCUT2D eigenvalue weighted by Gasteiger charge is -2.07. The molecule has 27 heavy (non-hydrogen) atoms. The third-order valence-corrected chi connectivity index (χ3v) is 3.59. The van der Waals surface area contributed by atoms with Gasteiger partial charge < -0.3 is 24.8 Å². The SMILES string of the molecule is O=C(NCCNC(=O)c1ccco1)c1ccc(NC(=O)c2ccco2)cc1. The molecule has 0 aliphatic heterocycles. The van der Waals surface area contributed by atoms with Gasteiger partial charge in [0, 0.05) is 24.3 Å². The molecule has 0 fully saturated rings. The fourth-order valence-corrected chi connectivity index (χ4v) is 2.25. The highest BCUT2D eigenvalue weighted by molar-refractivity contribution is 6.02. The summed E-state index contributed by atoms with van der Waals surface area (Å²) in [5.74, 6) is -0.580. The number of benzene rings is 1. The Labute approximate surface area is 154 Å². The first-order valence-corrected chi connectivity index (χ1v) is 8.18. The fourth-order valence-electron chi connectivity index (χ4n) is 2.25. The van der Waals surface area contributed by atoms with Crippen molar-refractivity contribution in [1.29, 1.82) is 0 Å². The van der Waals surface area contributed by atoms with Crippen LogP contribution in [-0.4, -0.2) is 30.8 Å². The van der Waals surface area contributed by atoms with E-state index >= 15 is 0 Å². The van der Waals surface area contributed by atoms with Crippen molar-refractivity contribution in [1.82, 2.24) is 10.6 Å². The van der Waals surface area contributed by atoms with Crippen molar-refractivity contribution < 1.29 is 23.2 Å². The molecule has 0 aliphatic rings. The number of furan rings is 2. The van der Waals surface area contributed by atoms with E-state index in [1.165, 1.54) is 12.5 Å². The van der Waals surface area contributed by atoms with E-state index in [-0.39, 0.29) is 42.3 Å². The van der Waals surface area contributed by atoms with Gasteiger partial charge in [0.05, 0.1) is 12.5 Å². The van der Waals surface area contributed by atoms with Crippen molar-refractivity contribution >= 4 is 23.4 Å². The first-order chi connectivity index (χ1) is 13.1. The Morgan fingerprint density at radius 1 is 0.704 bits per heavy atom. The highest BCUT2D eigenvalue weighted by Gasteiger charge is 2.10. The molecular formula is C19H17N3O5. The molecule has 8 heteroatoms. The smallest absolute Gasteiger partial charge is 0.291 e. The molecule has 3 N–H and O–H groups in total. The molecule has 3 amide bonds. The summed E-state index contributed by atoms with van der Waals surface area (Å²) in [5.41, 5.74) is 0.974. The molecule has 0 aliphatic carbocycles. The molecule has 0 saturated heterocycles. The lowest BCUT2D eigenvalue weighted by molar-refractivity contribution is 0.0910. The van der Waals surface area contributed by atoms with Crippen molar-refractivity contribution in [2.75, 3.05) is 18.4 Å². The molecule has 0 spiro atoms. The van der Waals surface area contributed by atoms with Crippen molar-refractivity contribution in [2.24, 2.45) is 0 Å². The molecular weight excluding hydrogens is 350 g/mol. The summed E-state index contributed by atoms with van der Waals surface area (Å²) in [6, 6.07) is 12.8. The highest BCUT2D eigenvalue weighted by Crippen LogP contribution is 2.11. The van der Waals surface area contributed by atoms with E-state index in [0.717, 1.165) is 0 Å². The van der Waals surface area contributed by atoms with E-state index in [4.69, 9.17) is 8.83 Å². The van der Waals surface area contributed by atoms with Crippen LogP contribution >= 0.6 is 0 Å². The summed E-state index contributed by atoms with van der Waals surface area (Å²) >= 11 is 0. The van der Waals surface area contributed by atoms with Gasteiger partial charge in [-0.25, -0.2) is 0 Å². The summed E-state index contributed by atoms with van der Waals surface area (Å²) in [6.45, 7) is 0.533. The molecule has 1 aromatic carbocycles. The van der Waals surface area contributed by atoms with E-state index < -0.39 is 0 Å². The maximum Gasteiger partial charge on any atom is 0.291 e. The average Bonchev–Trinajstić information content (AvgIpc) is 3.39. The van der Waals surface area contributed by atoms with Crippen LogP contribution < -0.4 is 16.0 Å². The van der Waals surface area contributed by atoms with Gasteiger partial charge in [-0.2, -0.15) is 0 Å². The molecule has 0 radical (unpaired) electrons. The number of hydrogen-bond donors (Lipinski definition) is 3. The standard InChI is InChI=1S/C19H17N3O5/c23-17(20-9-10-21-18(24)15-3-1-11-26-15)13-5-7-14(8-6-13)22-19(25)16-4-2-12-27-16/h1-8,11-12H,9-10H2,(H,20,23)(H,21,24)(H,22,25). The maximum atomic E-state index is 12.1. The molecule has 138 valence electrons. The minimum Gasteiger partial charge on any atom is -0.459 e. The Kier molecular flexibility index (Phi) is 5.68. The Bertz CT molecular complexity index is 899. The third-order valence-electron chi connectivity index (χ3n) is 3.59. The van der Waals surface area contributed by atoms with Crippen LogP contribution in [0.5, 0.6) is 0 Å². The van der Waals surface area contributed by atoms with Crippen LogP contribution in [0.3, 0.4) is 0 Å². The number of amides is 3. The monoisotopic (exact) mass is 367 g/mol. The zero-order valence-electron chi connectivity index (χ0n) is 14.2. The number of carbonyl (C=O) groups excluding carboxylic acids is 3. The van der Waals surface area contributed by atoms with Gasteiger partial charge >= 0.3 is 0 Å². The normalized spacial score (nSPS) is 10.2. The predicted octanol–water partition coefficient (Wildman–Crippen LogP) is 2.28. The third kappa shape index (κ3) is 4.85. The number of nitrogens with one attached hydrogen (secondary N) is 3. The van der Waals surface area contributed by atoms with Gasteiger partial charge in [-0.1, -0.05) is 0 Å². The van der Waals surface area contributed by atoms with Crippen LogP contribution in [-0.2, 0) is 0 Å². The van der Waals surface area contributed by atoms with Gasteiger partial charge in [-0.3, -0.25) is 14.4 Å². The van der Waals surface area contributed by atoms with Crippen LogP contribution in [0.2, 0.25) is 0 Å². The molecule has 3 aromatic rings. The van der Waals surface area contributed by atoms with Crippen LogP contribution in [0.25, 0.3) is 0 Å². The molecule has 0 bridgehead atoms. The van der Waals surface area contributed by atoms with E-state index in [2.05, 4.69) is 16.0 Å². The van der Waals surface area contributed by atoms with Crippen LogP contribution in [0.15, 0.2) is 69.9 Å². The largest absolute Gasteiger partial charge is 0.459 e. The first kappa shape index (κ1) is 18.0. The van der Waals surface area contributed by atoms with Gasteiger partial charge in [-0.05, 0) is 48.5 Å². The topological polar surface area (TPSA) is 114 Å². The van der Waals surface area contributed by atoms with Crippen molar-refractivity contribution in [3.8, 4) is 0 Å². The van der Waals surface area contributed by atoms with Gasteiger partial charge in [0.2, 0.25) is 0 Å². The molecule has 0 saturated carbocycles. The van der Waals surface area contributed by atoms with Crippen LogP contribution in [0, 0.1) is 0 Å². The Hall–Kier alpha value is -3.81. The molecule has 8 nitrogen and oxygen atoms in total. The zero-order valence-corrected chi connectivity index (χ0v) is 14.2. The average molecular weight is 367 g/mol. The predicted molar refractivity (Wildman–Crippen MR) is 96.5 cm³/mol. The lowest BCUT2D eigenvalue weighted by atomic mass is 10.2. The van der Waals surface area contributed by atoms with E-state index in [1.54, 1.807) is 48.5 Å². The number of anilines is 1. The Balaban J connectivity index is 1.43. The maximum absolute atomic E-state index is 12.1. The van der Waals surface area contributed by atoms with Gasteiger partial charge in [0.25, 0.3) is 17.7 Å². The fraction of sp³-hybridized carbons (Fsp3) is 0.105. The molecule has 0 unspecified atom stereocenters. The second-order valence-corrected chi connectivity index (χ2v) is 5.50.